The quantitative estimate of drug-likeness (QED) is 0.884. The third kappa shape index (κ3) is 2.58. The fourth-order valence-electron chi connectivity index (χ4n) is 1.70. The van der Waals surface area contributed by atoms with Gasteiger partial charge in [0.25, 0.3) is 6.01 Å². The molecule has 1 heterocycles. The number of fused-ring (bicyclic) bond motifs is 1. The molecule has 0 atom stereocenters. The van der Waals surface area contributed by atoms with E-state index in [1.807, 2.05) is 6.92 Å². The second-order valence-electron chi connectivity index (χ2n) is 3.92. The van der Waals surface area contributed by atoms with Crippen LogP contribution < -0.4 is 4.90 Å². The Hall–Kier alpha value is -2.11. The first-order valence-electron chi connectivity index (χ1n) is 5.63. The molecule has 0 fully saturated rings. The average molecular weight is 252 g/mol. The van der Waals surface area contributed by atoms with E-state index < -0.39 is 11.8 Å². The van der Waals surface area contributed by atoms with Crippen LogP contribution in [0.15, 0.2) is 22.6 Å². The SMILES string of the molecule is CCCN(CC(=O)O)c1nc2cc(F)ccc2o1. The summed E-state index contributed by atoms with van der Waals surface area (Å²) in [5.41, 5.74) is 0.828. The van der Waals surface area contributed by atoms with Gasteiger partial charge in [0.15, 0.2) is 5.58 Å². The summed E-state index contributed by atoms with van der Waals surface area (Å²) in [6.45, 7) is 2.25. The highest BCUT2D eigenvalue weighted by atomic mass is 19.1. The predicted octanol–water partition coefficient (Wildman–Crippen LogP) is 2.27. The molecule has 2 rings (SSSR count). The molecule has 1 aromatic carbocycles. The number of halogens is 1. The summed E-state index contributed by atoms with van der Waals surface area (Å²) in [7, 11) is 0. The van der Waals surface area contributed by atoms with Crippen LogP contribution in [0, 0.1) is 5.82 Å². The lowest BCUT2D eigenvalue weighted by Gasteiger charge is -2.16. The van der Waals surface area contributed by atoms with E-state index in [2.05, 4.69) is 4.98 Å². The molecule has 0 spiro atoms. The van der Waals surface area contributed by atoms with Gasteiger partial charge in [0.2, 0.25) is 0 Å². The van der Waals surface area contributed by atoms with E-state index in [0.29, 0.717) is 17.6 Å². The number of carboxylic acid groups (broad SMARTS) is 1. The molecule has 1 aromatic heterocycles. The molecule has 0 unspecified atom stereocenters. The third-order valence-electron chi connectivity index (χ3n) is 2.43. The smallest absolute Gasteiger partial charge is 0.323 e. The molecule has 0 aliphatic carbocycles. The van der Waals surface area contributed by atoms with Crippen LogP contribution in [0.1, 0.15) is 13.3 Å². The number of rotatable bonds is 5. The maximum Gasteiger partial charge on any atom is 0.323 e. The van der Waals surface area contributed by atoms with Gasteiger partial charge in [-0.05, 0) is 18.6 Å². The number of carboxylic acids is 1. The molecule has 0 aliphatic rings. The molecule has 6 heteroatoms. The minimum Gasteiger partial charge on any atom is -0.480 e. The molecule has 0 aliphatic heterocycles. The second-order valence-corrected chi connectivity index (χ2v) is 3.92. The Morgan fingerprint density at radius 2 is 2.33 bits per heavy atom. The Kier molecular flexibility index (Phi) is 3.45. The summed E-state index contributed by atoms with van der Waals surface area (Å²) < 4.78 is 18.4. The molecule has 0 bridgehead atoms. The van der Waals surface area contributed by atoms with Crippen LogP contribution in [0.25, 0.3) is 11.1 Å². The Balaban J connectivity index is 2.34. The lowest BCUT2D eigenvalue weighted by atomic mass is 10.3. The van der Waals surface area contributed by atoms with Crippen LogP contribution in [0.5, 0.6) is 0 Å². The van der Waals surface area contributed by atoms with Crippen LogP contribution in [-0.2, 0) is 4.79 Å². The number of oxazole rings is 1. The van der Waals surface area contributed by atoms with Crippen LogP contribution in [-0.4, -0.2) is 29.1 Å². The highest BCUT2D eigenvalue weighted by molar-refractivity contribution is 5.76. The first-order chi connectivity index (χ1) is 8.60. The molecule has 0 saturated carbocycles. The monoisotopic (exact) mass is 252 g/mol. The molecule has 96 valence electrons. The first kappa shape index (κ1) is 12.3. The highest BCUT2D eigenvalue weighted by Crippen LogP contribution is 2.22. The molecule has 0 saturated heterocycles. The zero-order valence-corrected chi connectivity index (χ0v) is 9.89. The minimum atomic E-state index is -0.961. The van der Waals surface area contributed by atoms with Crippen molar-refractivity contribution in [2.45, 2.75) is 13.3 Å². The van der Waals surface area contributed by atoms with E-state index in [0.717, 1.165) is 6.42 Å². The summed E-state index contributed by atoms with van der Waals surface area (Å²) in [4.78, 5) is 16.4. The van der Waals surface area contributed by atoms with Crippen LogP contribution in [0.2, 0.25) is 0 Å². The lowest BCUT2D eigenvalue weighted by molar-refractivity contribution is -0.135. The zero-order valence-electron chi connectivity index (χ0n) is 9.89. The van der Waals surface area contributed by atoms with Gasteiger partial charge in [0, 0.05) is 12.6 Å². The van der Waals surface area contributed by atoms with Gasteiger partial charge in [0.1, 0.15) is 17.9 Å². The standard InChI is InChI=1S/C12H13FN2O3/c1-2-5-15(7-11(16)17)12-14-9-6-8(13)3-4-10(9)18-12/h3-4,6H,2,5,7H2,1H3,(H,16,17). The molecule has 0 radical (unpaired) electrons. The van der Waals surface area contributed by atoms with Crippen molar-refractivity contribution in [1.29, 1.82) is 0 Å². The molecule has 0 amide bonds. The largest absolute Gasteiger partial charge is 0.480 e. The van der Waals surface area contributed by atoms with Crippen molar-refractivity contribution in [3.05, 3.63) is 24.0 Å². The van der Waals surface area contributed by atoms with Crippen molar-refractivity contribution in [2.24, 2.45) is 0 Å². The molecular formula is C12H13FN2O3. The van der Waals surface area contributed by atoms with Crippen LogP contribution in [0.4, 0.5) is 10.4 Å². The number of aromatic nitrogens is 1. The van der Waals surface area contributed by atoms with E-state index in [1.165, 1.54) is 23.1 Å². The number of hydrogen-bond acceptors (Lipinski definition) is 4. The van der Waals surface area contributed by atoms with Gasteiger partial charge in [-0.3, -0.25) is 4.79 Å². The number of aliphatic carboxylic acids is 1. The summed E-state index contributed by atoms with van der Waals surface area (Å²) >= 11 is 0. The van der Waals surface area contributed by atoms with Crippen molar-refractivity contribution < 1.29 is 18.7 Å². The van der Waals surface area contributed by atoms with Gasteiger partial charge in [-0.25, -0.2) is 4.39 Å². The van der Waals surface area contributed by atoms with Gasteiger partial charge >= 0.3 is 5.97 Å². The van der Waals surface area contributed by atoms with Gasteiger partial charge < -0.3 is 14.4 Å². The van der Waals surface area contributed by atoms with E-state index in [1.54, 1.807) is 0 Å². The summed E-state index contributed by atoms with van der Waals surface area (Å²) in [6.07, 6.45) is 0.764. The zero-order chi connectivity index (χ0) is 13.1. The third-order valence-corrected chi connectivity index (χ3v) is 2.43. The fraction of sp³-hybridized carbons (Fsp3) is 0.333. The number of nitrogens with zero attached hydrogens (tertiary/aromatic N) is 2. The normalized spacial score (nSPS) is 10.8. The van der Waals surface area contributed by atoms with E-state index in [4.69, 9.17) is 9.52 Å². The van der Waals surface area contributed by atoms with Crippen LogP contribution in [0.3, 0.4) is 0 Å². The number of anilines is 1. The lowest BCUT2D eigenvalue weighted by Crippen LogP contribution is -2.30. The highest BCUT2D eigenvalue weighted by Gasteiger charge is 2.16. The molecule has 2 aromatic rings. The van der Waals surface area contributed by atoms with Crippen molar-refractivity contribution >= 4 is 23.1 Å². The molecule has 18 heavy (non-hydrogen) atoms. The molecule has 1 N–H and O–H groups in total. The van der Waals surface area contributed by atoms with Gasteiger partial charge in [-0.15, -0.1) is 0 Å². The van der Waals surface area contributed by atoms with Crippen molar-refractivity contribution in [1.82, 2.24) is 4.98 Å². The maximum absolute atomic E-state index is 13.0. The summed E-state index contributed by atoms with van der Waals surface area (Å²) in [5, 5.41) is 8.82. The fourth-order valence-corrected chi connectivity index (χ4v) is 1.70. The van der Waals surface area contributed by atoms with E-state index in [9.17, 15) is 9.18 Å². The van der Waals surface area contributed by atoms with Gasteiger partial charge in [-0.2, -0.15) is 4.98 Å². The van der Waals surface area contributed by atoms with Crippen LogP contribution >= 0.6 is 0 Å². The summed E-state index contributed by atoms with van der Waals surface area (Å²) in [5.74, 6) is -1.36. The summed E-state index contributed by atoms with van der Waals surface area (Å²) in [6, 6.07) is 4.22. The Morgan fingerprint density at radius 3 is 3.00 bits per heavy atom. The Labute approximate surface area is 103 Å². The van der Waals surface area contributed by atoms with E-state index >= 15 is 0 Å². The second kappa shape index (κ2) is 5.03. The maximum atomic E-state index is 13.0. The number of hydrogen-bond donors (Lipinski definition) is 1. The topological polar surface area (TPSA) is 66.6 Å². The average Bonchev–Trinajstić information content (AvgIpc) is 2.70. The Morgan fingerprint density at radius 1 is 1.56 bits per heavy atom. The number of carbonyl (C=O) groups is 1. The minimum absolute atomic E-state index is 0.191. The van der Waals surface area contributed by atoms with Crippen molar-refractivity contribution in [3.8, 4) is 0 Å². The van der Waals surface area contributed by atoms with Crippen molar-refractivity contribution in [2.75, 3.05) is 18.0 Å². The van der Waals surface area contributed by atoms with E-state index in [-0.39, 0.29) is 12.6 Å². The number of benzene rings is 1. The van der Waals surface area contributed by atoms with Gasteiger partial charge in [-0.1, -0.05) is 6.92 Å². The molecule has 5 nitrogen and oxygen atoms in total. The predicted molar refractivity (Wildman–Crippen MR) is 64.1 cm³/mol. The Bertz CT molecular complexity index is 567. The van der Waals surface area contributed by atoms with Crippen molar-refractivity contribution in [3.63, 3.8) is 0 Å². The first-order valence-corrected chi connectivity index (χ1v) is 5.63. The molecular weight excluding hydrogens is 239 g/mol. The van der Waals surface area contributed by atoms with Gasteiger partial charge in [0.05, 0.1) is 0 Å².